The fourth-order valence-corrected chi connectivity index (χ4v) is 1.81. The van der Waals surface area contributed by atoms with Gasteiger partial charge in [-0.15, -0.1) is 0 Å². The summed E-state index contributed by atoms with van der Waals surface area (Å²) in [5.41, 5.74) is 7.35. The number of carbonyl (C=O) groups is 1. The number of rotatable bonds is 3. The van der Waals surface area contributed by atoms with Gasteiger partial charge in [0.25, 0.3) is 0 Å². The molecule has 6 heteroatoms. The summed E-state index contributed by atoms with van der Waals surface area (Å²) in [5, 5.41) is 3.24. The second kappa shape index (κ2) is 5.79. The Hall–Kier alpha value is -2.27. The molecule has 0 unspecified atom stereocenters. The number of benzene rings is 2. The van der Waals surface area contributed by atoms with Gasteiger partial charge < -0.3 is 15.8 Å². The molecule has 104 valence electrons. The molecule has 2 aromatic carbocycles. The number of esters is 1. The zero-order valence-electron chi connectivity index (χ0n) is 10.6. The third kappa shape index (κ3) is 3.00. The number of nitrogens with one attached hydrogen (secondary N) is 1. The quantitative estimate of drug-likeness (QED) is 0.671. The van der Waals surface area contributed by atoms with E-state index in [4.69, 9.17) is 17.3 Å². The van der Waals surface area contributed by atoms with Gasteiger partial charge >= 0.3 is 5.97 Å². The van der Waals surface area contributed by atoms with Crippen molar-refractivity contribution in [2.24, 2.45) is 0 Å². The van der Waals surface area contributed by atoms with Crippen LogP contribution in [0, 0.1) is 5.82 Å². The summed E-state index contributed by atoms with van der Waals surface area (Å²) in [6.45, 7) is 0. The molecule has 20 heavy (non-hydrogen) atoms. The Morgan fingerprint density at radius 1 is 1.25 bits per heavy atom. The number of nitrogen functional groups attached to an aromatic ring is 1. The van der Waals surface area contributed by atoms with E-state index in [1.807, 2.05) is 0 Å². The molecule has 0 atom stereocenters. The predicted octanol–water partition coefficient (Wildman–Crippen LogP) is 3.59. The van der Waals surface area contributed by atoms with Crippen LogP contribution >= 0.6 is 11.6 Å². The molecular weight excluding hydrogens is 283 g/mol. The topological polar surface area (TPSA) is 64.3 Å². The number of nitrogens with two attached hydrogens (primary N) is 1. The highest BCUT2D eigenvalue weighted by Gasteiger charge is 2.10. The molecule has 0 aliphatic rings. The van der Waals surface area contributed by atoms with Crippen LogP contribution < -0.4 is 11.1 Å². The zero-order valence-corrected chi connectivity index (χ0v) is 11.4. The molecule has 0 amide bonds. The molecule has 0 saturated heterocycles. The second-order valence-corrected chi connectivity index (χ2v) is 4.45. The highest BCUT2D eigenvalue weighted by Crippen LogP contribution is 2.29. The van der Waals surface area contributed by atoms with Crippen molar-refractivity contribution in [1.29, 1.82) is 0 Å². The largest absolute Gasteiger partial charge is 0.465 e. The molecule has 0 aliphatic carbocycles. The minimum absolute atomic E-state index is 0.330. The summed E-state index contributed by atoms with van der Waals surface area (Å²) in [6.07, 6.45) is 0. The highest BCUT2D eigenvalue weighted by molar-refractivity contribution is 6.33. The summed E-state index contributed by atoms with van der Waals surface area (Å²) in [5.74, 6) is -0.919. The number of carbonyl (C=O) groups excluding carboxylic acids is 1. The van der Waals surface area contributed by atoms with Crippen molar-refractivity contribution in [2.75, 3.05) is 18.2 Å². The van der Waals surface area contributed by atoms with Crippen molar-refractivity contribution in [3.05, 3.63) is 52.8 Å². The molecule has 0 heterocycles. The van der Waals surface area contributed by atoms with Crippen LogP contribution in [0.5, 0.6) is 0 Å². The first-order valence-electron chi connectivity index (χ1n) is 5.71. The van der Waals surface area contributed by atoms with Crippen molar-refractivity contribution in [3.63, 3.8) is 0 Å². The minimum atomic E-state index is -0.488. The van der Waals surface area contributed by atoms with E-state index in [1.54, 1.807) is 12.1 Å². The Kier molecular flexibility index (Phi) is 4.10. The van der Waals surface area contributed by atoms with Gasteiger partial charge in [-0.2, -0.15) is 0 Å². The van der Waals surface area contributed by atoms with Crippen LogP contribution in [0.15, 0.2) is 36.4 Å². The SMILES string of the molecule is COC(=O)c1ccc(N)c(Nc2cc(F)ccc2Cl)c1. The normalized spacial score (nSPS) is 10.2. The Morgan fingerprint density at radius 2 is 2.00 bits per heavy atom. The summed E-state index contributed by atoms with van der Waals surface area (Å²) < 4.78 is 17.8. The molecule has 0 bridgehead atoms. The van der Waals surface area contributed by atoms with E-state index in [9.17, 15) is 9.18 Å². The predicted molar refractivity (Wildman–Crippen MR) is 76.9 cm³/mol. The van der Waals surface area contributed by atoms with Crippen LogP contribution in [0.3, 0.4) is 0 Å². The first kappa shape index (κ1) is 14.1. The minimum Gasteiger partial charge on any atom is -0.465 e. The van der Waals surface area contributed by atoms with Crippen LogP contribution in [0.25, 0.3) is 0 Å². The average Bonchev–Trinajstić information content (AvgIpc) is 2.44. The van der Waals surface area contributed by atoms with Crippen LogP contribution in [0.1, 0.15) is 10.4 Å². The standard InChI is InChI=1S/C14H12ClFN2O2/c1-20-14(19)8-2-5-11(17)13(6-8)18-12-7-9(16)3-4-10(12)15/h2-7,18H,17H2,1H3. The van der Waals surface area contributed by atoms with Gasteiger partial charge in [-0.25, -0.2) is 9.18 Å². The number of anilines is 3. The summed E-state index contributed by atoms with van der Waals surface area (Å²) in [4.78, 5) is 11.5. The Balaban J connectivity index is 2.37. The van der Waals surface area contributed by atoms with Crippen molar-refractivity contribution in [3.8, 4) is 0 Å². The molecule has 2 rings (SSSR count). The molecule has 2 aromatic rings. The second-order valence-electron chi connectivity index (χ2n) is 4.04. The van der Waals surface area contributed by atoms with Gasteiger partial charge in [0.2, 0.25) is 0 Å². The average molecular weight is 295 g/mol. The third-order valence-electron chi connectivity index (χ3n) is 2.67. The van der Waals surface area contributed by atoms with Crippen LogP contribution in [0.2, 0.25) is 5.02 Å². The van der Waals surface area contributed by atoms with Gasteiger partial charge in [0, 0.05) is 0 Å². The molecule has 0 saturated carbocycles. The van der Waals surface area contributed by atoms with Crippen molar-refractivity contribution < 1.29 is 13.9 Å². The maximum Gasteiger partial charge on any atom is 0.337 e. The third-order valence-corrected chi connectivity index (χ3v) is 3.00. The number of hydrogen-bond donors (Lipinski definition) is 2. The number of hydrogen-bond acceptors (Lipinski definition) is 4. The van der Waals surface area contributed by atoms with Crippen molar-refractivity contribution >= 4 is 34.6 Å². The zero-order chi connectivity index (χ0) is 14.7. The Labute approximate surface area is 120 Å². The van der Waals surface area contributed by atoms with Crippen molar-refractivity contribution in [1.82, 2.24) is 0 Å². The molecule has 4 nitrogen and oxygen atoms in total. The molecular formula is C14H12ClFN2O2. The smallest absolute Gasteiger partial charge is 0.337 e. The van der Waals surface area contributed by atoms with Crippen LogP contribution in [-0.2, 0) is 4.74 Å². The summed E-state index contributed by atoms with van der Waals surface area (Å²) in [7, 11) is 1.29. The van der Waals surface area contributed by atoms with E-state index in [1.165, 1.54) is 31.4 Å². The molecule has 0 radical (unpaired) electrons. The molecule has 0 aromatic heterocycles. The van der Waals surface area contributed by atoms with Gasteiger partial charge in [0.05, 0.1) is 34.8 Å². The number of methoxy groups -OCH3 is 1. The van der Waals surface area contributed by atoms with E-state index in [0.717, 1.165) is 0 Å². The lowest BCUT2D eigenvalue weighted by Gasteiger charge is -2.12. The highest BCUT2D eigenvalue weighted by atomic mass is 35.5. The number of halogens is 2. The molecule has 0 aliphatic heterocycles. The van der Waals surface area contributed by atoms with E-state index < -0.39 is 11.8 Å². The lowest BCUT2D eigenvalue weighted by atomic mass is 10.1. The Morgan fingerprint density at radius 3 is 2.70 bits per heavy atom. The fraction of sp³-hybridized carbons (Fsp3) is 0.0714. The van der Waals surface area contributed by atoms with Gasteiger partial charge in [-0.05, 0) is 36.4 Å². The lowest BCUT2D eigenvalue weighted by Crippen LogP contribution is -2.04. The van der Waals surface area contributed by atoms with E-state index >= 15 is 0 Å². The maximum atomic E-state index is 13.2. The summed E-state index contributed by atoms with van der Waals surface area (Å²) in [6, 6.07) is 8.54. The van der Waals surface area contributed by atoms with Crippen molar-refractivity contribution in [2.45, 2.75) is 0 Å². The molecule has 3 N–H and O–H groups in total. The summed E-state index contributed by atoms with van der Waals surface area (Å²) >= 11 is 5.97. The van der Waals surface area contributed by atoms with Crippen LogP contribution in [-0.4, -0.2) is 13.1 Å². The van der Waals surface area contributed by atoms with E-state index in [-0.39, 0.29) is 0 Å². The van der Waals surface area contributed by atoms with Gasteiger partial charge in [-0.3, -0.25) is 0 Å². The molecule has 0 spiro atoms. The number of ether oxygens (including phenoxy) is 1. The lowest BCUT2D eigenvalue weighted by molar-refractivity contribution is 0.0601. The van der Waals surface area contributed by atoms with Crippen LogP contribution in [0.4, 0.5) is 21.5 Å². The monoisotopic (exact) mass is 294 g/mol. The van der Waals surface area contributed by atoms with Gasteiger partial charge in [0.1, 0.15) is 5.82 Å². The Bertz CT molecular complexity index is 662. The molecule has 0 fully saturated rings. The van der Waals surface area contributed by atoms with Gasteiger partial charge in [0.15, 0.2) is 0 Å². The fourth-order valence-electron chi connectivity index (χ4n) is 1.65. The van der Waals surface area contributed by atoms with E-state index in [2.05, 4.69) is 10.1 Å². The van der Waals surface area contributed by atoms with E-state index in [0.29, 0.717) is 27.6 Å². The van der Waals surface area contributed by atoms with Gasteiger partial charge in [-0.1, -0.05) is 11.6 Å². The first-order valence-corrected chi connectivity index (χ1v) is 6.09. The first-order chi connectivity index (χ1) is 9.51. The maximum absolute atomic E-state index is 13.2.